The summed E-state index contributed by atoms with van der Waals surface area (Å²) in [5.74, 6) is 4.90. The maximum absolute atomic E-state index is 12.4. The number of aliphatic hydroxyl groups is 4. The Morgan fingerprint density at radius 2 is 1.72 bits per heavy atom. The van der Waals surface area contributed by atoms with Gasteiger partial charge in [-0.1, -0.05) is 56.1 Å². The van der Waals surface area contributed by atoms with Crippen molar-refractivity contribution in [2.45, 2.75) is 122 Å². The Labute approximate surface area is 297 Å². The van der Waals surface area contributed by atoms with Crippen LogP contribution in [-0.2, 0) is 14.4 Å². The van der Waals surface area contributed by atoms with Crippen LogP contribution in [0.4, 0.5) is 0 Å². The van der Waals surface area contributed by atoms with Gasteiger partial charge in [-0.3, -0.25) is 14.4 Å². The van der Waals surface area contributed by atoms with E-state index in [9.17, 15) is 34.8 Å². The minimum Gasteiger partial charge on any atom is -0.393 e. The van der Waals surface area contributed by atoms with Gasteiger partial charge >= 0.3 is 0 Å². The van der Waals surface area contributed by atoms with Crippen LogP contribution in [0.3, 0.4) is 0 Å². The van der Waals surface area contributed by atoms with Crippen molar-refractivity contribution >= 4 is 17.3 Å². The molecule has 0 unspecified atom stereocenters. The highest BCUT2D eigenvalue weighted by molar-refractivity contribution is 6.01. The lowest BCUT2D eigenvalue weighted by molar-refractivity contribution is -0.178. The SMILES string of the molecule is C#C[C@]1(O)CC[C@H]2[C@@H]3CCC4=CC(=O)CC[C@@H]4[C@H]3C(=C)C[C@@]21CC.C[C@]12C=CC(=O)C=C1CC[C@@H]1[C@@H]2[C@@H](O)C[C@@]2(C)[C@H]1CC[C@]2(O)C(=O)CO. The van der Waals surface area contributed by atoms with Gasteiger partial charge in [-0.05, 0) is 131 Å². The van der Waals surface area contributed by atoms with Crippen molar-refractivity contribution in [3.8, 4) is 12.3 Å². The van der Waals surface area contributed by atoms with E-state index >= 15 is 0 Å². The summed E-state index contributed by atoms with van der Waals surface area (Å²) in [5.41, 5.74) is -0.0632. The van der Waals surface area contributed by atoms with Crippen molar-refractivity contribution < 1.29 is 34.8 Å². The largest absolute Gasteiger partial charge is 0.393 e. The Morgan fingerprint density at radius 3 is 2.42 bits per heavy atom. The summed E-state index contributed by atoms with van der Waals surface area (Å²) >= 11 is 0. The average molecular weight is 685 g/mol. The Kier molecular flexibility index (Phi) is 8.74. The molecule has 6 fully saturated rings. The third kappa shape index (κ3) is 4.80. The first-order chi connectivity index (χ1) is 23.6. The molecule has 0 aromatic heterocycles. The lowest BCUT2D eigenvalue weighted by Gasteiger charge is -2.59. The molecule has 8 aliphatic carbocycles. The van der Waals surface area contributed by atoms with Crippen LogP contribution in [0.15, 0.2) is 47.6 Å². The van der Waals surface area contributed by atoms with Crippen molar-refractivity contribution in [1.82, 2.24) is 0 Å². The zero-order valence-electron chi connectivity index (χ0n) is 30.1. The molecule has 4 N–H and O–H groups in total. The molecule has 8 aliphatic rings. The maximum Gasteiger partial charge on any atom is 0.190 e. The third-order valence-electron chi connectivity index (χ3n) is 16.2. The number of hydrogen-bond donors (Lipinski definition) is 4. The van der Waals surface area contributed by atoms with E-state index in [0.717, 1.165) is 69.8 Å². The van der Waals surface area contributed by atoms with E-state index in [0.29, 0.717) is 48.7 Å². The molecular weight excluding hydrogens is 628 g/mol. The van der Waals surface area contributed by atoms with Crippen molar-refractivity contribution in [1.29, 1.82) is 0 Å². The summed E-state index contributed by atoms with van der Waals surface area (Å²) in [6, 6.07) is 0. The van der Waals surface area contributed by atoms with Crippen LogP contribution < -0.4 is 0 Å². The maximum atomic E-state index is 12.4. The Morgan fingerprint density at radius 1 is 1.00 bits per heavy atom. The molecule has 50 heavy (non-hydrogen) atoms. The molecule has 13 atom stereocenters. The molecule has 0 aromatic rings. The van der Waals surface area contributed by atoms with Gasteiger partial charge in [-0.15, -0.1) is 6.42 Å². The van der Waals surface area contributed by atoms with Crippen LogP contribution in [0.5, 0.6) is 0 Å². The summed E-state index contributed by atoms with van der Waals surface area (Å²) in [7, 11) is 0. The predicted octanol–water partition coefficient (Wildman–Crippen LogP) is 5.61. The first-order valence-corrected chi connectivity index (χ1v) is 19.2. The van der Waals surface area contributed by atoms with Crippen LogP contribution in [0, 0.1) is 70.0 Å². The van der Waals surface area contributed by atoms with E-state index < -0.39 is 35.1 Å². The first kappa shape index (κ1) is 35.8. The molecule has 0 saturated heterocycles. The monoisotopic (exact) mass is 684 g/mol. The van der Waals surface area contributed by atoms with Crippen LogP contribution >= 0.6 is 0 Å². The highest BCUT2D eigenvalue weighted by Crippen LogP contribution is 2.68. The number of hydrogen-bond acceptors (Lipinski definition) is 7. The number of Topliss-reactive ketones (excluding diaryl/α,β-unsaturated/α-hetero) is 1. The van der Waals surface area contributed by atoms with E-state index in [1.54, 1.807) is 12.2 Å². The summed E-state index contributed by atoms with van der Waals surface area (Å²) in [6.07, 6.45) is 22.8. The van der Waals surface area contributed by atoms with Gasteiger partial charge in [-0.2, -0.15) is 0 Å². The van der Waals surface area contributed by atoms with E-state index in [1.165, 1.54) is 11.1 Å². The normalized spacial score (nSPS) is 48.6. The molecule has 0 amide bonds. The number of carbonyl (C=O) groups is 3. The number of ketones is 3. The zero-order chi connectivity index (χ0) is 36.0. The minimum atomic E-state index is -1.56. The Bertz CT molecular complexity index is 1630. The molecule has 7 nitrogen and oxygen atoms in total. The number of terminal acetylenes is 1. The van der Waals surface area contributed by atoms with Gasteiger partial charge in [0.2, 0.25) is 0 Å². The average Bonchev–Trinajstić information content (AvgIpc) is 3.54. The zero-order valence-corrected chi connectivity index (χ0v) is 30.1. The molecule has 0 bridgehead atoms. The molecule has 0 aliphatic heterocycles. The Hall–Kier alpha value is -2.63. The summed E-state index contributed by atoms with van der Waals surface area (Å²) < 4.78 is 0. The number of carbonyl (C=O) groups excluding carboxylic acids is 3. The predicted molar refractivity (Wildman–Crippen MR) is 190 cm³/mol. The van der Waals surface area contributed by atoms with Crippen molar-refractivity contribution in [3.05, 3.63) is 47.6 Å². The van der Waals surface area contributed by atoms with Gasteiger partial charge < -0.3 is 20.4 Å². The summed E-state index contributed by atoms with van der Waals surface area (Å²) in [4.78, 5) is 36.0. The van der Waals surface area contributed by atoms with E-state index in [2.05, 4.69) is 26.3 Å². The fourth-order valence-electron chi connectivity index (χ4n) is 13.8. The smallest absolute Gasteiger partial charge is 0.190 e. The molecule has 8 rings (SSSR count). The molecule has 0 heterocycles. The lowest BCUT2D eigenvalue weighted by atomic mass is 9.46. The van der Waals surface area contributed by atoms with Gasteiger partial charge in [0.05, 0.1) is 6.10 Å². The summed E-state index contributed by atoms with van der Waals surface area (Å²) in [5, 5.41) is 42.9. The second-order valence-electron chi connectivity index (χ2n) is 17.7. The Balaban J connectivity index is 0.000000157. The first-order valence-electron chi connectivity index (χ1n) is 19.2. The van der Waals surface area contributed by atoms with Crippen LogP contribution in [0.2, 0.25) is 0 Å². The minimum absolute atomic E-state index is 0.00912. The van der Waals surface area contributed by atoms with Gasteiger partial charge in [-0.25, -0.2) is 0 Å². The number of rotatable bonds is 3. The van der Waals surface area contributed by atoms with Gasteiger partial charge in [0.25, 0.3) is 0 Å². The van der Waals surface area contributed by atoms with E-state index in [-0.39, 0.29) is 34.4 Å². The molecule has 270 valence electrons. The second kappa shape index (κ2) is 12.2. The van der Waals surface area contributed by atoms with Crippen molar-refractivity contribution in [3.63, 3.8) is 0 Å². The molecule has 6 saturated carbocycles. The topological polar surface area (TPSA) is 132 Å². The molecule has 0 aromatic carbocycles. The molecule has 0 radical (unpaired) electrons. The number of fused-ring (bicyclic) bond motifs is 10. The quantitative estimate of drug-likeness (QED) is 0.225. The molecular formula is C43H56O7. The van der Waals surface area contributed by atoms with E-state index in [4.69, 9.17) is 6.42 Å². The molecule has 7 heteroatoms. The van der Waals surface area contributed by atoms with Gasteiger partial charge in [0.15, 0.2) is 17.3 Å². The van der Waals surface area contributed by atoms with Crippen molar-refractivity contribution in [2.75, 3.05) is 6.61 Å². The second-order valence-corrected chi connectivity index (χ2v) is 17.7. The fraction of sp³-hybridized carbons (Fsp3) is 0.698. The van der Waals surface area contributed by atoms with E-state index in [1.807, 2.05) is 19.1 Å². The van der Waals surface area contributed by atoms with Gasteiger partial charge in [0, 0.05) is 28.6 Å². The number of allylic oxidation sites excluding steroid dienone is 6. The van der Waals surface area contributed by atoms with Crippen LogP contribution in [0.1, 0.15) is 104 Å². The summed E-state index contributed by atoms with van der Waals surface area (Å²) in [6.45, 7) is 9.99. The number of aliphatic hydroxyl groups excluding tert-OH is 2. The molecule has 0 spiro atoms. The lowest BCUT2D eigenvalue weighted by Crippen LogP contribution is -2.61. The van der Waals surface area contributed by atoms with Crippen LogP contribution in [0.25, 0.3) is 0 Å². The highest BCUT2D eigenvalue weighted by atomic mass is 16.3. The van der Waals surface area contributed by atoms with Crippen molar-refractivity contribution in [2.24, 2.45) is 57.7 Å². The third-order valence-corrected chi connectivity index (χ3v) is 16.2. The van der Waals surface area contributed by atoms with Gasteiger partial charge in [0.1, 0.15) is 17.8 Å². The van der Waals surface area contributed by atoms with Crippen LogP contribution in [-0.4, -0.2) is 61.7 Å². The standard InChI is InChI=1S/C22H28O2.C21H28O5/c1-4-21-13-14(3)20-17-9-7-16(23)12-15(17)6-8-18(20)19(21)10-11-22(21,24)5-2;1-19-7-5-13(23)9-12(19)3-4-14-15-6-8-21(26,17(25)11-22)20(15,2)10-16(24)18(14)19/h2,12,17-20,24H,3-4,6-11,13H2,1H3;5,7,9,14-16,18,22,24,26H,3-4,6,8,10-11H2,1-2H3/t17-,18-,19-,20+,21-,22-;14-,15-,16-,18+,19-,20-,21-/m00/s1. The highest BCUT2D eigenvalue weighted by Gasteiger charge is 2.68. The fourth-order valence-corrected chi connectivity index (χ4v) is 13.8.